The monoisotopic (exact) mass is 528 g/mol. The number of Topliss-reactive ketones (excluding diaryl/α,β-unsaturated/α-hetero) is 1. The highest BCUT2D eigenvalue weighted by Gasteiger charge is 2.47. The maximum absolute atomic E-state index is 13.3. The third-order valence-electron chi connectivity index (χ3n) is 6.34. The van der Waals surface area contributed by atoms with Crippen LogP contribution in [0.5, 0.6) is 0 Å². The molecule has 2 aliphatic heterocycles. The van der Waals surface area contributed by atoms with Gasteiger partial charge in [0.05, 0.1) is 12.7 Å². The fourth-order valence-corrected chi connectivity index (χ4v) is 4.28. The second-order valence-electron chi connectivity index (χ2n) is 9.03. The Labute approximate surface area is 211 Å². The molecular weight excluding hydrogens is 497 g/mol. The van der Waals surface area contributed by atoms with Crippen LogP contribution in [0.3, 0.4) is 0 Å². The normalized spacial score (nSPS) is 26.0. The molecule has 2 heterocycles. The average Bonchev–Trinajstić information content (AvgIpc) is 3.24. The number of nitrogens with one attached hydrogen (secondary N) is 2. The molecule has 0 aromatic heterocycles. The number of amides is 3. The van der Waals surface area contributed by atoms with Gasteiger partial charge in [0, 0.05) is 24.7 Å². The van der Waals surface area contributed by atoms with Crippen LogP contribution in [0, 0.1) is 0 Å². The lowest BCUT2D eigenvalue weighted by Crippen LogP contribution is -2.68. The van der Waals surface area contributed by atoms with Gasteiger partial charge in [0.1, 0.15) is 12.3 Å². The largest absolute Gasteiger partial charge is 0.471 e. The van der Waals surface area contributed by atoms with Crippen molar-refractivity contribution in [1.29, 1.82) is 0 Å². The Morgan fingerprint density at radius 1 is 1.19 bits per heavy atom. The molecule has 6 N–H and O–H groups in total. The number of hydrogen-bond donors (Lipinski definition) is 5. The van der Waals surface area contributed by atoms with Gasteiger partial charge in [0.2, 0.25) is 5.78 Å². The van der Waals surface area contributed by atoms with Crippen LogP contribution in [-0.2, 0) is 9.53 Å². The van der Waals surface area contributed by atoms with Crippen LogP contribution in [0.2, 0.25) is 0 Å². The first-order valence-corrected chi connectivity index (χ1v) is 12.0. The van der Waals surface area contributed by atoms with Gasteiger partial charge in [-0.15, -0.1) is 0 Å². The van der Waals surface area contributed by atoms with E-state index >= 15 is 0 Å². The van der Waals surface area contributed by atoms with E-state index in [1.165, 1.54) is 11.1 Å². The summed E-state index contributed by atoms with van der Waals surface area (Å²) in [6.07, 6.45) is -3.97. The number of nitrogens with two attached hydrogens (primary N) is 1. The quantitative estimate of drug-likeness (QED) is 0.216. The van der Waals surface area contributed by atoms with E-state index in [0.29, 0.717) is 31.3 Å². The number of benzene rings is 1. The molecule has 1 aromatic rings. The summed E-state index contributed by atoms with van der Waals surface area (Å²) < 4.78 is 42.3. The number of nitrogens with zero attached hydrogens (tertiary/aromatic N) is 1. The van der Waals surface area contributed by atoms with Crippen molar-refractivity contribution < 1.29 is 42.5 Å². The Bertz CT molecular complexity index is 1010. The summed E-state index contributed by atoms with van der Waals surface area (Å²) in [5.41, 5.74) is 5.32. The highest BCUT2D eigenvalue weighted by atomic mass is 19.4. The Balaban J connectivity index is 1.69. The highest BCUT2D eigenvalue weighted by molar-refractivity contribution is 6.07. The number of rotatable bonds is 11. The predicted molar refractivity (Wildman–Crippen MR) is 125 cm³/mol. The zero-order valence-corrected chi connectivity index (χ0v) is 20.0. The Kier molecular flexibility index (Phi) is 9.29. The maximum atomic E-state index is 13.3. The molecule has 0 spiro atoms. The molecule has 0 radical (unpaired) electrons. The summed E-state index contributed by atoms with van der Waals surface area (Å²) in [4.78, 5) is 38.4. The summed E-state index contributed by atoms with van der Waals surface area (Å²) in [7, 11) is 0. The third kappa shape index (κ3) is 6.86. The van der Waals surface area contributed by atoms with E-state index in [0.717, 1.165) is 0 Å². The third-order valence-corrected chi connectivity index (χ3v) is 6.34. The van der Waals surface area contributed by atoms with Crippen LogP contribution in [0.1, 0.15) is 48.9 Å². The zero-order valence-electron chi connectivity index (χ0n) is 20.0. The fourth-order valence-electron chi connectivity index (χ4n) is 4.28. The number of carbonyl (C=O) groups excluding carboxylic acids is 3. The Morgan fingerprint density at radius 2 is 1.86 bits per heavy atom. The van der Waals surface area contributed by atoms with Gasteiger partial charge in [-0.1, -0.05) is 43.2 Å². The topological polar surface area (TPSA) is 154 Å². The molecule has 37 heavy (non-hydrogen) atoms. The number of urea groups is 1. The number of alkyl halides is 3. The van der Waals surface area contributed by atoms with Crippen molar-refractivity contribution in [3.8, 4) is 0 Å². The summed E-state index contributed by atoms with van der Waals surface area (Å²) in [6, 6.07) is 7.51. The summed E-state index contributed by atoms with van der Waals surface area (Å²) >= 11 is 0. The van der Waals surface area contributed by atoms with E-state index < -0.39 is 54.6 Å². The molecule has 1 saturated heterocycles. The van der Waals surface area contributed by atoms with E-state index in [-0.39, 0.29) is 24.9 Å². The first-order chi connectivity index (χ1) is 17.5. The smallest absolute Gasteiger partial charge is 0.394 e. The summed E-state index contributed by atoms with van der Waals surface area (Å²) in [6.45, 7) is -0.550. The van der Waals surface area contributed by atoms with Gasteiger partial charge in [-0.25, -0.2) is 4.79 Å². The number of ether oxygens (including phenoxy) is 1. The van der Waals surface area contributed by atoms with E-state index in [1.54, 1.807) is 30.3 Å². The number of halogens is 3. The van der Waals surface area contributed by atoms with Gasteiger partial charge >= 0.3 is 18.1 Å². The first kappa shape index (κ1) is 28.6. The van der Waals surface area contributed by atoms with Crippen molar-refractivity contribution in [2.24, 2.45) is 5.73 Å². The molecule has 0 aliphatic carbocycles. The van der Waals surface area contributed by atoms with Crippen molar-refractivity contribution in [2.45, 2.75) is 68.8 Å². The molecule has 1 aromatic carbocycles. The lowest BCUT2D eigenvalue weighted by atomic mass is 9.87. The molecule has 3 rings (SSSR count). The second kappa shape index (κ2) is 12.0. The standard InChI is InChI=1S/C24H31F3N4O6/c25-24(26,27)21(35)29-11-7-2-1-6-10-16-13-31(19-12-17(33)18(14-32)37-19)22(36)30-23(16,28)20(34)15-8-4-3-5-9-15/h3-5,8-9,13,17-19,32-33H,1-2,6-7,10-12,14,28H2,(H,29,35)(H,30,36)/t17-,18+,19+,23?/m0/s1. The summed E-state index contributed by atoms with van der Waals surface area (Å²) in [5.74, 6) is -2.51. The number of hydrogen-bond acceptors (Lipinski definition) is 7. The van der Waals surface area contributed by atoms with Gasteiger partial charge in [0.15, 0.2) is 5.66 Å². The Hall–Kier alpha value is -3.00. The number of aliphatic hydroxyl groups is 2. The predicted octanol–water partition coefficient (Wildman–Crippen LogP) is 1.53. The summed E-state index contributed by atoms with van der Waals surface area (Å²) in [5, 5.41) is 23.8. The molecule has 3 amide bonds. The molecule has 13 heteroatoms. The average molecular weight is 529 g/mol. The molecule has 0 saturated carbocycles. The van der Waals surface area contributed by atoms with Gasteiger partial charge in [-0.05, 0) is 24.8 Å². The lowest BCUT2D eigenvalue weighted by molar-refractivity contribution is -0.173. The van der Waals surface area contributed by atoms with E-state index in [2.05, 4.69) is 5.32 Å². The van der Waals surface area contributed by atoms with Gasteiger partial charge in [-0.3, -0.25) is 20.2 Å². The van der Waals surface area contributed by atoms with Crippen molar-refractivity contribution in [2.75, 3.05) is 13.2 Å². The van der Waals surface area contributed by atoms with E-state index in [9.17, 15) is 37.8 Å². The minimum Gasteiger partial charge on any atom is -0.394 e. The number of unbranched alkanes of at least 4 members (excludes halogenated alkanes) is 3. The second-order valence-corrected chi connectivity index (χ2v) is 9.03. The van der Waals surface area contributed by atoms with E-state index in [4.69, 9.17) is 10.5 Å². The van der Waals surface area contributed by atoms with Gasteiger partial charge in [-0.2, -0.15) is 13.2 Å². The van der Waals surface area contributed by atoms with Crippen molar-refractivity contribution in [1.82, 2.24) is 15.5 Å². The molecule has 0 bridgehead atoms. The number of aliphatic hydroxyl groups excluding tert-OH is 2. The fraction of sp³-hybridized carbons (Fsp3) is 0.542. The molecule has 1 fully saturated rings. The molecular formula is C24H31F3N4O6. The molecule has 4 atom stereocenters. The molecule has 204 valence electrons. The van der Waals surface area contributed by atoms with Crippen LogP contribution in [0.25, 0.3) is 0 Å². The molecule has 10 nitrogen and oxygen atoms in total. The minimum absolute atomic E-state index is 0.0519. The molecule has 2 aliphatic rings. The SMILES string of the molecule is NC1(C(=O)c2ccccc2)NC(=O)N([C@H]2C[C@H](O)[C@@H](CO)O2)C=C1CCCCCCNC(=O)C(F)(F)F. The Morgan fingerprint density at radius 3 is 2.49 bits per heavy atom. The lowest BCUT2D eigenvalue weighted by Gasteiger charge is -2.40. The van der Waals surface area contributed by atoms with Crippen molar-refractivity contribution in [3.05, 3.63) is 47.7 Å². The van der Waals surface area contributed by atoms with Crippen LogP contribution in [-0.4, -0.2) is 76.3 Å². The molecule has 1 unspecified atom stereocenters. The first-order valence-electron chi connectivity index (χ1n) is 12.0. The van der Waals surface area contributed by atoms with Gasteiger partial charge < -0.3 is 25.6 Å². The van der Waals surface area contributed by atoms with Crippen molar-refractivity contribution >= 4 is 17.7 Å². The van der Waals surface area contributed by atoms with Crippen LogP contribution >= 0.6 is 0 Å². The van der Waals surface area contributed by atoms with Crippen LogP contribution in [0.4, 0.5) is 18.0 Å². The number of ketones is 1. The van der Waals surface area contributed by atoms with Crippen molar-refractivity contribution in [3.63, 3.8) is 0 Å². The van der Waals surface area contributed by atoms with Crippen LogP contribution in [0.15, 0.2) is 42.1 Å². The minimum atomic E-state index is -4.92. The van der Waals surface area contributed by atoms with E-state index in [1.807, 2.05) is 5.32 Å². The zero-order chi connectivity index (χ0) is 27.2. The van der Waals surface area contributed by atoms with Gasteiger partial charge in [0.25, 0.3) is 0 Å². The maximum Gasteiger partial charge on any atom is 0.471 e. The number of carbonyl (C=O) groups is 3. The highest BCUT2D eigenvalue weighted by Crippen LogP contribution is 2.31. The van der Waals surface area contributed by atoms with Crippen LogP contribution < -0.4 is 16.4 Å².